The molecule has 0 unspecified atom stereocenters. The van der Waals surface area contributed by atoms with Crippen LogP contribution in [0.1, 0.15) is 15.9 Å². The second-order valence-corrected chi connectivity index (χ2v) is 4.10. The van der Waals surface area contributed by atoms with E-state index in [1.54, 1.807) is 38.3 Å². The number of H-pyrrole nitrogens is 1. The van der Waals surface area contributed by atoms with Gasteiger partial charge >= 0.3 is 5.97 Å². The topological polar surface area (TPSA) is 79.4 Å². The minimum atomic E-state index is -1.23. The van der Waals surface area contributed by atoms with Crippen molar-refractivity contribution in [1.82, 2.24) is 4.98 Å². The lowest BCUT2D eigenvalue weighted by Gasteiger charge is -2.07. The van der Waals surface area contributed by atoms with Gasteiger partial charge in [-0.05, 0) is 48.4 Å². The zero-order valence-electron chi connectivity index (χ0n) is 10.6. The summed E-state index contributed by atoms with van der Waals surface area (Å²) in [6.45, 7) is 1.75. The lowest BCUT2D eigenvalue weighted by atomic mass is 10.0. The second kappa shape index (κ2) is 4.97. The van der Waals surface area contributed by atoms with Crippen molar-refractivity contribution in [2.45, 2.75) is 6.92 Å². The van der Waals surface area contributed by atoms with Gasteiger partial charge in [0.25, 0.3) is 5.56 Å². The third-order valence-electron chi connectivity index (χ3n) is 2.85. The summed E-state index contributed by atoms with van der Waals surface area (Å²) >= 11 is 0. The van der Waals surface area contributed by atoms with E-state index in [9.17, 15) is 9.59 Å². The molecule has 2 N–H and O–H groups in total. The van der Waals surface area contributed by atoms with E-state index >= 15 is 0 Å². The van der Waals surface area contributed by atoms with E-state index < -0.39 is 11.5 Å². The second-order valence-electron chi connectivity index (χ2n) is 4.10. The Balaban J connectivity index is 2.53. The van der Waals surface area contributed by atoms with Crippen molar-refractivity contribution in [3.05, 3.63) is 51.8 Å². The van der Waals surface area contributed by atoms with Crippen LogP contribution in [0.25, 0.3) is 11.3 Å². The van der Waals surface area contributed by atoms with Gasteiger partial charge in [0.1, 0.15) is 11.3 Å². The molecule has 0 fully saturated rings. The lowest BCUT2D eigenvalue weighted by Crippen LogP contribution is -2.18. The quantitative estimate of drug-likeness (QED) is 0.884. The molecule has 0 saturated heterocycles. The third-order valence-corrected chi connectivity index (χ3v) is 2.85. The monoisotopic (exact) mass is 259 g/mol. The van der Waals surface area contributed by atoms with Crippen molar-refractivity contribution >= 4 is 5.97 Å². The molecule has 1 heterocycles. The minimum Gasteiger partial charge on any atom is -0.497 e. The zero-order chi connectivity index (χ0) is 14.0. The number of hydrogen-bond donors (Lipinski definition) is 2. The van der Waals surface area contributed by atoms with Crippen molar-refractivity contribution < 1.29 is 14.6 Å². The molecule has 19 heavy (non-hydrogen) atoms. The molecule has 1 aromatic carbocycles. The summed E-state index contributed by atoms with van der Waals surface area (Å²) in [4.78, 5) is 25.1. The average Bonchev–Trinajstić information content (AvgIpc) is 2.41. The van der Waals surface area contributed by atoms with Crippen LogP contribution < -0.4 is 10.3 Å². The van der Waals surface area contributed by atoms with Gasteiger partial charge in [0.05, 0.1) is 12.8 Å². The average molecular weight is 259 g/mol. The van der Waals surface area contributed by atoms with Crippen LogP contribution in [-0.4, -0.2) is 23.2 Å². The number of carboxylic acids is 1. The summed E-state index contributed by atoms with van der Waals surface area (Å²) in [6.07, 6.45) is 0. The molecule has 0 spiro atoms. The maximum atomic E-state index is 11.7. The first kappa shape index (κ1) is 12.9. The fourth-order valence-electron chi connectivity index (χ4n) is 1.85. The number of pyridine rings is 1. The lowest BCUT2D eigenvalue weighted by molar-refractivity contribution is 0.0695. The van der Waals surface area contributed by atoms with Crippen molar-refractivity contribution in [1.29, 1.82) is 0 Å². The van der Waals surface area contributed by atoms with Crippen LogP contribution in [-0.2, 0) is 0 Å². The predicted octanol–water partition coefficient (Wildman–Crippen LogP) is 2.06. The maximum absolute atomic E-state index is 11.7. The van der Waals surface area contributed by atoms with E-state index in [2.05, 4.69) is 4.98 Å². The van der Waals surface area contributed by atoms with Crippen LogP contribution in [0.2, 0.25) is 0 Å². The van der Waals surface area contributed by atoms with Gasteiger partial charge in [0.2, 0.25) is 0 Å². The zero-order valence-corrected chi connectivity index (χ0v) is 10.6. The molecule has 98 valence electrons. The highest BCUT2D eigenvalue weighted by atomic mass is 16.5. The van der Waals surface area contributed by atoms with Crippen LogP contribution in [0, 0.1) is 6.92 Å². The highest BCUT2D eigenvalue weighted by Gasteiger charge is 2.12. The van der Waals surface area contributed by atoms with E-state index in [0.29, 0.717) is 17.0 Å². The van der Waals surface area contributed by atoms with E-state index in [0.717, 1.165) is 5.56 Å². The smallest absolute Gasteiger partial charge is 0.341 e. The summed E-state index contributed by atoms with van der Waals surface area (Å²) in [5, 5.41) is 8.88. The van der Waals surface area contributed by atoms with Gasteiger partial charge in [-0.2, -0.15) is 0 Å². The number of rotatable bonds is 3. The number of aryl methyl sites for hydroxylation is 1. The molecule has 5 heteroatoms. The van der Waals surface area contributed by atoms with Gasteiger partial charge in [-0.1, -0.05) is 0 Å². The molecule has 2 aromatic rings. The largest absolute Gasteiger partial charge is 0.497 e. The van der Waals surface area contributed by atoms with Crippen LogP contribution >= 0.6 is 0 Å². The van der Waals surface area contributed by atoms with Gasteiger partial charge in [-0.15, -0.1) is 0 Å². The first-order valence-electron chi connectivity index (χ1n) is 5.64. The number of nitrogens with one attached hydrogen (secondary N) is 1. The van der Waals surface area contributed by atoms with Gasteiger partial charge in [0, 0.05) is 0 Å². The molecule has 2 rings (SSSR count). The van der Waals surface area contributed by atoms with Gasteiger partial charge < -0.3 is 14.8 Å². The number of aromatic amines is 1. The SMILES string of the molecule is COc1ccc(-c2[nH]c(=O)c(C(=O)O)cc2C)cc1. The number of aromatic nitrogens is 1. The van der Waals surface area contributed by atoms with Gasteiger partial charge in [0.15, 0.2) is 0 Å². The summed E-state index contributed by atoms with van der Waals surface area (Å²) in [7, 11) is 1.57. The van der Waals surface area contributed by atoms with Crippen LogP contribution in [0.4, 0.5) is 0 Å². The summed E-state index contributed by atoms with van der Waals surface area (Å²) in [5.41, 5.74) is 1.24. The molecule has 0 aliphatic heterocycles. The first-order chi connectivity index (χ1) is 9.02. The fourth-order valence-corrected chi connectivity index (χ4v) is 1.85. The number of carbonyl (C=O) groups is 1. The highest BCUT2D eigenvalue weighted by molar-refractivity contribution is 5.88. The molecule has 0 saturated carbocycles. The van der Waals surface area contributed by atoms with Crippen molar-refractivity contribution in [3.63, 3.8) is 0 Å². The Morgan fingerprint density at radius 2 is 1.89 bits per heavy atom. The molecular formula is C14H13NO4. The maximum Gasteiger partial charge on any atom is 0.341 e. The highest BCUT2D eigenvalue weighted by Crippen LogP contribution is 2.22. The van der Waals surface area contributed by atoms with Crippen LogP contribution in [0.3, 0.4) is 0 Å². The normalized spacial score (nSPS) is 10.2. The molecule has 0 aliphatic carbocycles. The molecule has 1 aromatic heterocycles. The van der Waals surface area contributed by atoms with Crippen LogP contribution in [0.15, 0.2) is 35.1 Å². The molecule has 0 atom stereocenters. The summed E-state index contributed by atoms with van der Waals surface area (Å²) in [6, 6.07) is 8.53. The van der Waals surface area contributed by atoms with E-state index in [-0.39, 0.29) is 5.56 Å². The standard InChI is InChI=1S/C14H13NO4/c1-8-7-11(14(17)18)13(16)15-12(8)9-3-5-10(19-2)6-4-9/h3-7H,1-2H3,(H,15,16)(H,17,18). The number of benzene rings is 1. The first-order valence-corrected chi connectivity index (χ1v) is 5.64. The van der Waals surface area contributed by atoms with E-state index in [4.69, 9.17) is 9.84 Å². The fraction of sp³-hybridized carbons (Fsp3) is 0.143. The Morgan fingerprint density at radius 1 is 1.26 bits per heavy atom. The van der Waals surface area contributed by atoms with Crippen molar-refractivity contribution in [3.8, 4) is 17.0 Å². The number of ether oxygens (including phenoxy) is 1. The summed E-state index contributed by atoms with van der Waals surface area (Å²) < 4.78 is 5.06. The summed E-state index contributed by atoms with van der Waals surface area (Å²) in [5.74, 6) is -0.517. The molecule has 0 amide bonds. The van der Waals surface area contributed by atoms with Gasteiger partial charge in [-0.3, -0.25) is 4.79 Å². The Bertz CT molecular complexity index is 671. The Hall–Kier alpha value is -2.56. The predicted molar refractivity (Wildman–Crippen MR) is 70.7 cm³/mol. The molecule has 0 radical (unpaired) electrons. The number of carboxylic acid groups (broad SMARTS) is 1. The minimum absolute atomic E-state index is 0.255. The number of methoxy groups -OCH3 is 1. The van der Waals surface area contributed by atoms with Crippen molar-refractivity contribution in [2.75, 3.05) is 7.11 Å². The Labute approximate surface area is 109 Å². The molecular weight excluding hydrogens is 246 g/mol. The number of aromatic carboxylic acids is 1. The van der Waals surface area contributed by atoms with Crippen molar-refractivity contribution in [2.24, 2.45) is 0 Å². The van der Waals surface area contributed by atoms with E-state index in [1.165, 1.54) is 6.07 Å². The van der Waals surface area contributed by atoms with E-state index in [1.807, 2.05) is 0 Å². The van der Waals surface area contributed by atoms with Crippen LogP contribution in [0.5, 0.6) is 5.75 Å². The molecule has 0 aliphatic rings. The number of hydrogen-bond acceptors (Lipinski definition) is 3. The molecule has 0 bridgehead atoms. The van der Waals surface area contributed by atoms with Gasteiger partial charge in [-0.25, -0.2) is 4.79 Å². The Morgan fingerprint density at radius 3 is 2.42 bits per heavy atom. The molecule has 5 nitrogen and oxygen atoms in total. The Kier molecular flexibility index (Phi) is 3.37. The third kappa shape index (κ3) is 2.49.